The molecule has 22 nitrogen and oxygen atoms in total. The molecule has 5 heterocycles. The van der Waals surface area contributed by atoms with Gasteiger partial charge in [-0.2, -0.15) is 49.3 Å². The van der Waals surface area contributed by atoms with Gasteiger partial charge in [0, 0.05) is 54.4 Å². The van der Waals surface area contributed by atoms with Crippen LogP contribution in [0.1, 0.15) is 38.8 Å². The number of anilines is 6. The van der Waals surface area contributed by atoms with Crippen molar-refractivity contribution < 1.29 is 31.0 Å². The maximum Gasteiger partial charge on any atom is 0.294 e. The third kappa shape index (κ3) is 11.7. The van der Waals surface area contributed by atoms with Crippen molar-refractivity contribution in [3.05, 3.63) is 83.9 Å². The highest BCUT2D eigenvalue weighted by Gasteiger charge is 2.23. The molecule has 0 aliphatic rings. The molecule has 0 bridgehead atoms. The number of nitrogens with zero attached hydrogens (tertiary/aromatic N) is 13. The fourth-order valence-corrected chi connectivity index (χ4v) is 13.3. The molecular weight excluding hydrogens is 1110 g/mol. The second-order valence-electron chi connectivity index (χ2n) is 16.5. The van der Waals surface area contributed by atoms with Crippen LogP contribution in [-0.4, -0.2) is 102 Å². The van der Waals surface area contributed by atoms with Gasteiger partial charge in [-0.15, -0.1) is 20.5 Å². The summed E-state index contributed by atoms with van der Waals surface area (Å²) in [5.41, 5.74) is 6.20. The van der Waals surface area contributed by atoms with Crippen molar-refractivity contribution in [2.75, 3.05) is 59.0 Å². The van der Waals surface area contributed by atoms with Crippen LogP contribution >= 0.6 is 57.9 Å². The van der Waals surface area contributed by atoms with E-state index >= 15 is 0 Å². The van der Waals surface area contributed by atoms with E-state index in [0.29, 0.717) is 97.7 Å². The van der Waals surface area contributed by atoms with E-state index < -0.39 is 20.2 Å². The quantitative estimate of drug-likeness (QED) is 0.0254. The van der Waals surface area contributed by atoms with Gasteiger partial charge in [0.15, 0.2) is 24.8 Å². The Kier molecular flexibility index (Phi) is 16.4. The maximum atomic E-state index is 12.2. The Morgan fingerprint density at radius 1 is 0.566 bits per heavy atom. The van der Waals surface area contributed by atoms with Crippen LogP contribution in [0.2, 0.25) is 0 Å². The molecule has 5 aromatic heterocycles. The third-order valence-electron chi connectivity index (χ3n) is 11.8. The molecule has 76 heavy (non-hydrogen) atoms. The number of azo groups is 2. The summed E-state index contributed by atoms with van der Waals surface area (Å²) < 4.78 is 86.9. The van der Waals surface area contributed by atoms with E-state index in [1.807, 2.05) is 36.4 Å². The molecule has 4 aromatic carbocycles. The van der Waals surface area contributed by atoms with Crippen LogP contribution < -0.4 is 20.4 Å². The topological polar surface area (TPSA) is 299 Å². The van der Waals surface area contributed by atoms with E-state index in [4.69, 9.17) is 25.2 Å². The Bertz CT molecular complexity index is 3660. The van der Waals surface area contributed by atoms with Crippen LogP contribution in [0.5, 0.6) is 0 Å². The van der Waals surface area contributed by atoms with Crippen molar-refractivity contribution in [3.63, 3.8) is 0 Å². The molecule has 0 unspecified atom stereocenters. The Balaban J connectivity index is 1.08. The van der Waals surface area contributed by atoms with E-state index in [1.54, 1.807) is 38.1 Å². The van der Waals surface area contributed by atoms with E-state index in [9.17, 15) is 31.0 Å². The first-order chi connectivity index (χ1) is 36.5. The molecule has 29 heteroatoms. The number of rotatable bonds is 21. The SMILES string of the molecule is CCN(CC)c1ccc(/N=N/c2snc3snc(-c4ccc(C)c(S(=O)(=O)O)c4)c23)c(Nc2nc(Nc3cc(N(CC)CC)ccc3/N=N/c3snc4snc(-c5ccc(C)c(S(=O)(=O)O)c5)c34)nc(SCCO)n2)c1. The standard InChI is InChI=1S/C47H47N15O7S7/c1-7-61(8-2)29-15-17-31(53-55-41-37-39(57-73-43(37)59-71-41)27-13-11-25(5)35(21-27)75(64,65)66)33(23-29)48-45-50-46(52-47(51-45)70-20-19-63)49-34-24-30(62(9-3)10-4)16-18-32(34)54-56-42-38-40(58-74-44(38)60-72-42)28-14-12-26(6)36(22-28)76(67,68)69/h11-18,21-24,63H,7-10,19-20H2,1-6H3,(H,64,65,66)(H,67,68,69)(H2,48,49,50,51,52)/b55-53+,56-54+. The smallest absolute Gasteiger partial charge is 0.294 e. The van der Waals surface area contributed by atoms with Crippen molar-refractivity contribution in [3.8, 4) is 22.5 Å². The van der Waals surface area contributed by atoms with Gasteiger partial charge in [0.2, 0.25) is 11.9 Å². The van der Waals surface area contributed by atoms with Crippen LogP contribution in [0.25, 0.3) is 42.9 Å². The number of hydrogen-bond donors (Lipinski definition) is 5. The van der Waals surface area contributed by atoms with Gasteiger partial charge in [-0.1, -0.05) is 36.0 Å². The lowest BCUT2D eigenvalue weighted by molar-refractivity contribution is 0.322. The molecule has 9 aromatic rings. The predicted octanol–water partition coefficient (Wildman–Crippen LogP) is 12.5. The largest absolute Gasteiger partial charge is 0.396 e. The normalized spacial score (nSPS) is 12.2. The molecular formula is C47H47N15O7S7. The molecule has 0 radical (unpaired) electrons. The van der Waals surface area contributed by atoms with Gasteiger partial charge >= 0.3 is 0 Å². The Labute approximate surface area is 457 Å². The summed E-state index contributed by atoms with van der Waals surface area (Å²) in [7, 11) is -9.00. The van der Waals surface area contributed by atoms with Gasteiger partial charge in [-0.3, -0.25) is 9.11 Å². The lowest BCUT2D eigenvalue weighted by atomic mass is 10.1. The second-order valence-corrected chi connectivity index (χ2v) is 23.4. The summed E-state index contributed by atoms with van der Waals surface area (Å²) >= 11 is 5.71. The minimum atomic E-state index is -4.50. The van der Waals surface area contributed by atoms with Gasteiger partial charge in [0.1, 0.15) is 11.4 Å². The second kappa shape index (κ2) is 23.0. The number of benzene rings is 4. The number of aromatic nitrogens is 7. The summed E-state index contributed by atoms with van der Waals surface area (Å²) in [6.45, 7) is 14.2. The van der Waals surface area contributed by atoms with Crippen molar-refractivity contribution in [2.24, 2.45) is 20.5 Å². The van der Waals surface area contributed by atoms with E-state index in [1.165, 1.54) is 23.9 Å². The maximum absolute atomic E-state index is 12.2. The van der Waals surface area contributed by atoms with Gasteiger partial charge < -0.3 is 25.5 Å². The van der Waals surface area contributed by atoms with Gasteiger partial charge in [-0.05, 0) is 147 Å². The number of nitrogens with one attached hydrogen (secondary N) is 2. The highest BCUT2D eigenvalue weighted by atomic mass is 32.2. The molecule has 5 N–H and O–H groups in total. The average molecular weight is 1160 g/mol. The molecule has 0 aliphatic heterocycles. The highest BCUT2D eigenvalue weighted by Crippen LogP contribution is 2.45. The first kappa shape index (κ1) is 54.3. The van der Waals surface area contributed by atoms with Gasteiger partial charge in [0.05, 0.1) is 49.9 Å². The fraction of sp³-hybridized carbons (Fsp3) is 0.255. The fourth-order valence-electron chi connectivity index (χ4n) is 8.02. The van der Waals surface area contributed by atoms with Crippen molar-refractivity contribution in [2.45, 2.75) is 56.5 Å². The molecule has 0 fully saturated rings. The minimum Gasteiger partial charge on any atom is -0.396 e. The van der Waals surface area contributed by atoms with Crippen molar-refractivity contribution in [1.82, 2.24) is 32.4 Å². The summed E-state index contributed by atoms with van der Waals surface area (Å²) in [6.07, 6.45) is 0. The zero-order valence-corrected chi connectivity index (χ0v) is 47.0. The summed E-state index contributed by atoms with van der Waals surface area (Å²) in [4.78, 5) is 19.4. The number of hydrogen-bond acceptors (Lipinski definition) is 25. The first-order valence-corrected chi connectivity index (χ1v) is 30.3. The Morgan fingerprint density at radius 3 is 1.39 bits per heavy atom. The number of fused-ring (bicyclic) bond motifs is 2. The van der Waals surface area contributed by atoms with Crippen LogP contribution in [0.15, 0.2) is 108 Å². The zero-order chi connectivity index (χ0) is 53.9. The third-order valence-corrected chi connectivity index (χ3v) is 17.8. The van der Waals surface area contributed by atoms with Crippen LogP contribution in [0.3, 0.4) is 0 Å². The Morgan fingerprint density at radius 2 is 1.00 bits per heavy atom. The molecule has 0 aliphatic carbocycles. The monoisotopic (exact) mass is 1160 g/mol. The summed E-state index contributed by atoms with van der Waals surface area (Å²) in [6, 6.07) is 20.8. The summed E-state index contributed by atoms with van der Waals surface area (Å²) in [5, 5.41) is 37.6. The van der Waals surface area contributed by atoms with Gasteiger partial charge in [0.25, 0.3) is 20.2 Å². The molecule has 0 spiro atoms. The molecule has 394 valence electrons. The van der Waals surface area contributed by atoms with Crippen LogP contribution in [0.4, 0.5) is 56.0 Å². The summed E-state index contributed by atoms with van der Waals surface area (Å²) in [5.74, 6) is 0.581. The number of aliphatic hydroxyl groups is 1. The molecule has 9 rings (SSSR count). The number of aliphatic hydroxyl groups excluding tert-OH is 1. The van der Waals surface area contributed by atoms with Crippen molar-refractivity contribution >= 4 is 155 Å². The van der Waals surface area contributed by atoms with E-state index in [-0.39, 0.29) is 28.3 Å². The Hall–Kier alpha value is -6.54. The lowest BCUT2D eigenvalue weighted by Crippen LogP contribution is -2.21. The van der Waals surface area contributed by atoms with Crippen LogP contribution in [-0.2, 0) is 20.2 Å². The molecule has 0 atom stereocenters. The average Bonchev–Trinajstić information content (AvgIpc) is 4.23. The predicted molar refractivity (Wildman–Crippen MR) is 303 cm³/mol. The number of thioether (sulfide) groups is 1. The van der Waals surface area contributed by atoms with E-state index in [0.717, 1.165) is 83.7 Å². The molecule has 0 saturated carbocycles. The van der Waals surface area contributed by atoms with Crippen LogP contribution in [0, 0.1) is 13.8 Å². The minimum absolute atomic E-state index is 0.135. The van der Waals surface area contributed by atoms with E-state index in [2.05, 4.69) is 75.9 Å². The molecule has 0 amide bonds. The number of aryl methyl sites for hydroxylation is 2. The lowest BCUT2D eigenvalue weighted by Gasteiger charge is -2.22. The first-order valence-electron chi connectivity index (χ1n) is 23.3. The zero-order valence-electron chi connectivity index (χ0n) is 41.3. The van der Waals surface area contributed by atoms with Crippen molar-refractivity contribution in [1.29, 1.82) is 0 Å². The molecule has 0 saturated heterocycles. The highest BCUT2D eigenvalue weighted by molar-refractivity contribution is 7.99. The van der Waals surface area contributed by atoms with Gasteiger partial charge in [-0.25, -0.2) is 0 Å².